The number of aromatic nitrogens is 3. The zero-order valence-corrected chi connectivity index (χ0v) is 11.1. The number of carbonyl (C=O) groups excluding carboxylic acids is 2. The molecule has 0 fully saturated rings. The molecule has 0 saturated heterocycles. The zero-order chi connectivity index (χ0) is 15.4. The van der Waals surface area contributed by atoms with Gasteiger partial charge in [-0.3, -0.25) is 9.59 Å². The summed E-state index contributed by atoms with van der Waals surface area (Å²) >= 11 is 0. The number of ketones is 1. The highest BCUT2D eigenvalue weighted by Crippen LogP contribution is 2.15. The quantitative estimate of drug-likeness (QED) is 0.787. The van der Waals surface area contributed by atoms with E-state index in [1.54, 1.807) is 24.3 Å². The first kappa shape index (κ1) is 14.4. The van der Waals surface area contributed by atoms with Crippen LogP contribution in [0.4, 0.5) is 5.69 Å². The van der Waals surface area contributed by atoms with Crippen LogP contribution >= 0.6 is 0 Å². The maximum absolute atomic E-state index is 11.9. The summed E-state index contributed by atoms with van der Waals surface area (Å²) in [5.41, 5.74) is 0.552. The molecule has 2 rings (SSSR count). The summed E-state index contributed by atoms with van der Waals surface area (Å²) < 4.78 is 1.11. The van der Waals surface area contributed by atoms with Crippen molar-refractivity contribution in [2.75, 3.05) is 5.32 Å². The Morgan fingerprint density at radius 2 is 2.00 bits per heavy atom. The van der Waals surface area contributed by atoms with Crippen LogP contribution in [0, 0.1) is 0 Å². The van der Waals surface area contributed by atoms with Gasteiger partial charge in [0.1, 0.15) is 6.54 Å². The highest BCUT2D eigenvalue weighted by molar-refractivity contribution is 6.03. The first-order chi connectivity index (χ1) is 9.97. The Morgan fingerprint density at radius 3 is 2.62 bits per heavy atom. The number of para-hydroxylation sites is 1. The van der Waals surface area contributed by atoms with Crippen molar-refractivity contribution in [2.45, 2.75) is 13.5 Å². The molecule has 2 N–H and O–H groups in total. The maximum Gasteiger partial charge on any atom is 0.358 e. The van der Waals surface area contributed by atoms with E-state index in [0.29, 0.717) is 11.3 Å². The van der Waals surface area contributed by atoms with Crippen LogP contribution in [0.25, 0.3) is 0 Å². The fourth-order valence-corrected chi connectivity index (χ4v) is 1.71. The van der Waals surface area contributed by atoms with Crippen LogP contribution in [0.1, 0.15) is 27.8 Å². The summed E-state index contributed by atoms with van der Waals surface area (Å²) in [6.07, 6.45) is 1.15. The van der Waals surface area contributed by atoms with Gasteiger partial charge in [-0.05, 0) is 19.1 Å². The number of aromatic carboxylic acids is 1. The van der Waals surface area contributed by atoms with Crippen LogP contribution in [-0.2, 0) is 11.3 Å². The summed E-state index contributed by atoms with van der Waals surface area (Å²) in [7, 11) is 0. The summed E-state index contributed by atoms with van der Waals surface area (Å²) in [5.74, 6) is -1.83. The van der Waals surface area contributed by atoms with Gasteiger partial charge in [-0.1, -0.05) is 17.3 Å². The van der Waals surface area contributed by atoms with Crippen molar-refractivity contribution in [1.29, 1.82) is 0 Å². The molecule has 1 aromatic heterocycles. The average molecular weight is 288 g/mol. The lowest BCUT2D eigenvalue weighted by atomic mass is 10.1. The third-order valence-electron chi connectivity index (χ3n) is 2.64. The molecule has 0 aliphatic carbocycles. The first-order valence-corrected chi connectivity index (χ1v) is 6.00. The third kappa shape index (κ3) is 3.50. The Morgan fingerprint density at radius 1 is 1.29 bits per heavy atom. The molecule has 0 saturated carbocycles. The van der Waals surface area contributed by atoms with Crippen LogP contribution in [0.5, 0.6) is 0 Å². The van der Waals surface area contributed by atoms with Crippen molar-refractivity contribution < 1.29 is 19.5 Å². The molecule has 8 nitrogen and oxygen atoms in total. The number of nitrogens with zero attached hydrogens (tertiary/aromatic N) is 3. The summed E-state index contributed by atoms with van der Waals surface area (Å²) in [6, 6.07) is 6.61. The molecular weight excluding hydrogens is 276 g/mol. The minimum atomic E-state index is -1.22. The highest BCUT2D eigenvalue weighted by atomic mass is 16.4. The van der Waals surface area contributed by atoms with Gasteiger partial charge in [0.15, 0.2) is 11.5 Å². The highest BCUT2D eigenvalue weighted by Gasteiger charge is 2.13. The molecule has 0 radical (unpaired) electrons. The molecular formula is C13H12N4O4. The van der Waals surface area contributed by atoms with E-state index >= 15 is 0 Å². The van der Waals surface area contributed by atoms with E-state index in [0.717, 1.165) is 10.9 Å². The van der Waals surface area contributed by atoms with Crippen molar-refractivity contribution in [3.05, 3.63) is 41.7 Å². The molecule has 1 heterocycles. The molecule has 0 bridgehead atoms. The molecule has 0 aliphatic rings. The van der Waals surface area contributed by atoms with Crippen LogP contribution in [0.3, 0.4) is 0 Å². The molecule has 0 atom stereocenters. The number of nitrogens with one attached hydrogen (secondary N) is 1. The lowest BCUT2D eigenvalue weighted by Crippen LogP contribution is -2.20. The molecule has 2 aromatic rings. The van der Waals surface area contributed by atoms with Gasteiger partial charge in [0, 0.05) is 5.56 Å². The van der Waals surface area contributed by atoms with Crippen molar-refractivity contribution >= 4 is 23.3 Å². The van der Waals surface area contributed by atoms with Gasteiger partial charge < -0.3 is 10.4 Å². The van der Waals surface area contributed by atoms with Gasteiger partial charge in [0.25, 0.3) is 0 Å². The van der Waals surface area contributed by atoms with E-state index in [4.69, 9.17) is 5.11 Å². The summed E-state index contributed by atoms with van der Waals surface area (Å²) in [6.45, 7) is 1.20. The molecule has 1 aromatic carbocycles. The van der Waals surface area contributed by atoms with Gasteiger partial charge in [-0.25, -0.2) is 9.48 Å². The van der Waals surface area contributed by atoms with E-state index in [2.05, 4.69) is 15.6 Å². The number of rotatable bonds is 5. The number of carboxylic acid groups (broad SMARTS) is 1. The zero-order valence-electron chi connectivity index (χ0n) is 11.1. The lowest BCUT2D eigenvalue weighted by molar-refractivity contribution is -0.116. The van der Waals surface area contributed by atoms with E-state index in [9.17, 15) is 14.4 Å². The Balaban J connectivity index is 2.08. The number of hydrogen-bond acceptors (Lipinski definition) is 5. The van der Waals surface area contributed by atoms with Gasteiger partial charge >= 0.3 is 5.97 Å². The SMILES string of the molecule is CC(=O)c1ccccc1NC(=O)Cn1cc(C(=O)O)nn1. The predicted octanol–water partition coefficient (Wildman–Crippen LogP) is 0.818. The molecule has 0 spiro atoms. The van der Waals surface area contributed by atoms with E-state index in [1.165, 1.54) is 6.92 Å². The fourth-order valence-electron chi connectivity index (χ4n) is 1.71. The molecule has 0 unspecified atom stereocenters. The van der Waals surface area contributed by atoms with E-state index < -0.39 is 11.9 Å². The van der Waals surface area contributed by atoms with Crippen molar-refractivity contribution in [3.63, 3.8) is 0 Å². The van der Waals surface area contributed by atoms with Gasteiger partial charge in [0.05, 0.1) is 11.9 Å². The van der Waals surface area contributed by atoms with Crippen LogP contribution in [0.15, 0.2) is 30.5 Å². The smallest absolute Gasteiger partial charge is 0.358 e. The summed E-state index contributed by atoms with van der Waals surface area (Å²) in [5, 5.41) is 18.2. The number of Topliss-reactive ketones (excluding diaryl/α,β-unsaturated/α-hetero) is 1. The number of amides is 1. The topological polar surface area (TPSA) is 114 Å². The number of carboxylic acids is 1. The monoisotopic (exact) mass is 288 g/mol. The largest absolute Gasteiger partial charge is 0.476 e. The van der Waals surface area contributed by atoms with Crippen LogP contribution < -0.4 is 5.32 Å². The van der Waals surface area contributed by atoms with E-state index in [-0.39, 0.29) is 18.0 Å². The molecule has 108 valence electrons. The van der Waals surface area contributed by atoms with E-state index in [1.807, 2.05) is 0 Å². The molecule has 1 amide bonds. The number of hydrogen-bond donors (Lipinski definition) is 2. The standard InChI is InChI=1S/C13H12N4O4/c1-8(18)9-4-2-3-5-10(9)14-12(19)7-17-6-11(13(20)21)15-16-17/h2-6H,7H2,1H3,(H,14,19)(H,20,21). The Hall–Kier alpha value is -3.03. The third-order valence-corrected chi connectivity index (χ3v) is 2.64. The molecule has 8 heteroatoms. The number of anilines is 1. The maximum atomic E-state index is 11.9. The second-order valence-corrected chi connectivity index (χ2v) is 4.26. The Kier molecular flexibility index (Phi) is 4.07. The Bertz CT molecular complexity index is 708. The lowest BCUT2D eigenvalue weighted by Gasteiger charge is -2.08. The van der Waals surface area contributed by atoms with Crippen LogP contribution in [0.2, 0.25) is 0 Å². The predicted molar refractivity (Wildman–Crippen MR) is 72.1 cm³/mol. The van der Waals surface area contributed by atoms with Gasteiger partial charge in [-0.2, -0.15) is 0 Å². The van der Waals surface area contributed by atoms with Crippen molar-refractivity contribution in [3.8, 4) is 0 Å². The minimum Gasteiger partial charge on any atom is -0.476 e. The molecule has 21 heavy (non-hydrogen) atoms. The van der Waals surface area contributed by atoms with Crippen LogP contribution in [-0.4, -0.2) is 37.8 Å². The summed E-state index contributed by atoms with van der Waals surface area (Å²) in [4.78, 5) is 34.0. The average Bonchev–Trinajstić information content (AvgIpc) is 2.87. The van der Waals surface area contributed by atoms with Gasteiger partial charge in [0.2, 0.25) is 5.91 Å². The second-order valence-electron chi connectivity index (χ2n) is 4.26. The fraction of sp³-hybridized carbons (Fsp3) is 0.154. The normalized spacial score (nSPS) is 10.1. The number of benzene rings is 1. The second kappa shape index (κ2) is 5.95. The minimum absolute atomic E-state index is 0.167. The van der Waals surface area contributed by atoms with Crippen molar-refractivity contribution in [2.24, 2.45) is 0 Å². The molecule has 0 aliphatic heterocycles. The van der Waals surface area contributed by atoms with Crippen molar-refractivity contribution in [1.82, 2.24) is 15.0 Å². The Labute approximate surface area is 119 Å². The number of carbonyl (C=O) groups is 3. The first-order valence-electron chi connectivity index (χ1n) is 6.00. The van der Waals surface area contributed by atoms with Gasteiger partial charge in [-0.15, -0.1) is 5.10 Å².